The van der Waals surface area contributed by atoms with Gasteiger partial charge in [-0.1, -0.05) is 36.4 Å². The summed E-state index contributed by atoms with van der Waals surface area (Å²) in [4.78, 5) is 15.0. The van der Waals surface area contributed by atoms with Crippen molar-refractivity contribution in [3.8, 4) is 22.6 Å². The molecule has 42 heavy (non-hydrogen) atoms. The number of hydrogen-bond acceptors (Lipinski definition) is 6. The molecule has 0 aliphatic carbocycles. The number of ether oxygens (including phenoxy) is 2. The Balaban J connectivity index is 1.67. The zero-order chi connectivity index (χ0) is 30.3. The van der Waals surface area contributed by atoms with Crippen LogP contribution in [0, 0.1) is 19.7 Å². The molecule has 0 spiro atoms. The number of carbonyl (C=O) groups is 1. The second-order valence-electron chi connectivity index (χ2n) is 11.1. The van der Waals surface area contributed by atoms with Gasteiger partial charge in [0.1, 0.15) is 22.9 Å². The minimum absolute atomic E-state index is 0.114. The van der Waals surface area contributed by atoms with Gasteiger partial charge in [-0.15, -0.1) is 0 Å². The van der Waals surface area contributed by atoms with Gasteiger partial charge in [-0.2, -0.15) is 0 Å². The largest absolute Gasteiger partial charge is 0.496 e. The molecule has 1 amide bonds. The van der Waals surface area contributed by atoms with Crippen LogP contribution in [0.1, 0.15) is 47.7 Å². The molecule has 1 aliphatic heterocycles. The first-order chi connectivity index (χ1) is 19.9. The van der Waals surface area contributed by atoms with Gasteiger partial charge in [0.05, 0.1) is 24.5 Å². The van der Waals surface area contributed by atoms with Gasteiger partial charge in [0.25, 0.3) is 5.91 Å². The number of thiocarbonyl (C=S) groups is 1. The summed E-state index contributed by atoms with van der Waals surface area (Å²) in [5.74, 6) is 0.550. The Morgan fingerprint density at radius 2 is 1.71 bits per heavy atom. The molecule has 216 valence electrons. The van der Waals surface area contributed by atoms with Crippen LogP contribution in [0.3, 0.4) is 0 Å². The molecule has 1 aliphatic rings. The fraction of sp³-hybridized carbons (Fsp3) is 0.235. The van der Waals surface area contributed by atoms with E-state index in [9.17, 15) is 9.18 Å². The summed E-state index contributed by atoms with van der Waals surface area (Å²) < 4.78 is 26.4. The molecule has 0 radical (unpaired) electrons. The second-order valence-corrected chi connectivity index (χ2v) is 11.5. The van der Waals surface area contributed by atoms with Gasteiger partial charge in [-0.25, -0.2) is 4.39 Å². The molecule has 4 aromatic rings. The topological polar surface area (TPSA) is 76.8 Å². The predicted molar refractivity (Wildman–Crippen MR) is 170 cm³/mol. The highest BCUT2D eigenvalue weighted by Crippen LogP contribution is 2.48. The van der Waals surface area contributed by atoms with Crippen molar-refractivity contribution in [3.05, 3.63) is 106 Å². The van der Waals surface area contributed by atoms with Gasteiger partial charge < -0.3 is 25.4 Å². The first-order valence-corrected chi connectivity index (χ1v) is 14.0. The summed E-state index contributed by atoms with van der Waals surface area (Å²) in [6.07, 6.45) is 0. The molecule has 0 saturated carbocycles. The lowest BCUT2D eigenvalue weighted by molar-refractivity contribution is -0.121. The van der Waals surface area contributed by atoms with Crippen LogP contribution in [0.25, 0.3) is 11.1 Å². The number of amides is 1. The molecular weight excluding hydrogens is 549 g/mol. The lowest BCUT2D eigenvalue weighted by atomic mass is 9.85. The van der Waals surface area contributed by atoms with Gasteiger partial charge in [-0.3, -0.25) is 4.79 Å². The number of fused-ring (bicyclic) bond motifs is 1. The van der Waals surface area contributed by atoms with Gasteiger partial charge in [-0.05, 0) is 92.5 Å². The van der Waals surface area contributed by atoms with Crippen molar-refractivity contribution in [1.82, 2.24) is 0 Å². The van der Waals surface area contributed by atoms with Crippen molar-refractivity contribution in [3.63, 3.8) is 0 Å². The van der Waals surface area contributed by atoms with E-state index in [2.05, 4.69) is 5.32 Å². The van der Waals surface area contributed by atoms with Crippen LogP contribution in [0.2, 0.25) is 0 Å². The van der Waals surface area contributed by atoms with E-state index in [0.29, 0.717) is 33.4 Å². The maximum Gasteiger partial charge on any atom is 0.251 e. The summed E-state index contributed by atoms with van der Waals surface area (Å²) in [6, 6.07) is 21.0. The lowest BCUT2D eigenvalue weighted by Gasteiger charge is -2.40. The molecule has 8 heteroatoms. The zero-order valence-electron chi connectivity index (χ0n) is 24.5. The number of rotatable bonds is 6. The summed E-state index contributed by atoms with van der Waals surface area (Å²) in [5, 5.41) is 3.72. The Bertz CT molecular complexity index is 1720. The van der Waals surface area contributed by atoms with Crippen LogP contribution in [-0.4, -0.2) is 30.7 Å². The molecule has 1 atom stereocenters. The fourth-order valence-electron chi connectivity index (χ4n) is 5.55. The molecule has 1 unspecified atom stereocenters. The van der Waals surface area contributed by atoms with Crippen LogP contribution in [0.15, 0.2) is 72.8 Å². The number of aryl methyl sites for hydroxylation is 2. The number of nitrogens with one attached hydrogen (secondary N) is 1. The van der Waals surface area contributed by atoms with Crippen molar-refractivity contribution in [2.75, 3.05) is 24.4 Å². The van der Waals surface area contributed by atoms with Crippen LogP contribution >= 0.6 is 12.2 Å². The average Bonchev–Trinajstić information content (AvgIpc) is 2.96. The number of methoxy groups -OCH3 is 1. The number of likely N-dealkylation sites (N-methyl/N-ethyl adjacent to an activating group) is 1. The van der Waals surface area contributed by atoms with E-state index in [1.54, 1.807) is 31.2 Å². The molecule has 6 nitrogen and oxygen atoms in total. The van der Waals surface area contributed by atoms with E-state index in [1.165, 1.54) is 12.1 Å². The maximum atomic E-state index is 14.5. The highest BCUT2D eigenvalue weighted by Gasteiger charge is 2.39. The van der Waals surface area contributed by atoms with Gasteiger partial charge in [0, 0.05) is 29.8 Å². The lowest BCUT2D eigenvalue weighted by Crippen LogP contribution is -2.53. The van der Waals surface area contributed by atoms with Crippen LogP contribution < -0.4 is 25.4 Å². The Labute approximate surface area is 251 Å². The highest BCUT2D eigenvalue weighted by atomic mass is 32.1. The Morgan fingerprint density at radius 1 is 1.00 bits per heavy atom. The van der Waals surface area contributed by atoms with Crippen LogP contribution in [0.4, 0.5) is 15.8 Å². The third-order valence-corrected chi connectivity index (χ3v) is 8.07. The van der Waals surface area contributed by atoms with Crippen LogP contribution in [-0.2, 0) is 4.79 Å². The van der Waals surface area contributed by atoms with Gasteiger partial charge >= 0.3 is 0 Å². The molecule has 0 bridgehead atoms. The summed E-state index contributed by atoms with van der Waals surface area (Å²) in [5.41, 5.74) is 13.0. The van der Waals surface area contributed by atoms with E-state index in [0.717, 1.165) is 33.5 Å². The number of hydrogen-bond donors (Lipinski definition) is 2. The highest BCUT2D eigenvalue weighted by molar-refractivity contribution is 7.80. The quantitative estimate of drug-likeness (QED) is 0.236. The SMILES string of the molecule is COc1cc(OC(=S)c2ccccc2C)ccc1-c1ccc2c(c1C(N)c1cc(F)ccc1C)N(C)C(=O)C(C)(C)N2. The first kappa shape index (κ1) is 29.2. The molecule has 0 aromatic heterocycles. The van der Waals surface area contributed by atoms with Crippen molar-refractivity contribution in [2.24, 2.45) is 5.73 Å². The number of benzene rings is 4. The Kier molecular flexibility index (Phi) is 7.79. The molecule has 1 heterocycles. The Morgan fingerprint density at radius 3 is 2.43 bits per heavy atom. The minimum atomic E-state index is -0.814. The maximum absolute atomic E-state index is 14.5. The molecule has 0 fully saturated rings. The normalized spacial score (nSPS) is 14.6. The van der Waals surface area contributed by atoms with E-state index < -0.39 is 11.6 Å². The third kappa shape index (κ3) is 5.24. The van der Waals surface area contributed by atoms with Crippen molar-refractivity contribution < 1.29 is 18.7 Å². The van der Waals surface area contributed by atoms with Gasteiger partial charge in [0.2, 0.25) is 0 Å². The molecule has 0 saturated heterocycles. The van der Waals surface area contributed by atoms with Crippen molar-refractivity contribution in [1.29, 1.82) is 0 Å². The first-order valence-electron chi connectivity index (χ1n) is 13.6. The molecule has 5 rings (SSSR count). The zero-order valence-corrected chi connectivity index (χ0v) is 25.4. The minimum Gasteiger partial charge on any atom is -0.496 e. The van der Waals surface area contributed by atoms with Crippen molar-refractivity contribution >= 4 is 34.6 Å². The molecule has 4 aromatic carbocycles. The summed E-state index contributed by atoms with van der Waals surface area (Å²) in [6.45, 7) is 7.54. The number of halogens is 1. The Hall–Kier alpha value is -4.27. The van der Waals surface area contributed by atoms with Crippen LogP contribution in [0.5, 0.6) is 11.5 Å². The summed E-state index contributed by atoms with van der Waals surface area (Å²) >= 11 is 5.58. The smallest absolute Gasteiger partial charge is 0.251 e. The van der Waals surface area contributed by atoms with Crippen molar-refractivity contribution in [2.45, 2.75) is 39.3 Å². The fourth-order valence-corrected chi connectivity index (χ4v) is 5.88. The van der Waals surface area contributed by atoms with E-state index >= 15 is 0 Å². The van der Waals surface area contributed by atoms with E-state index in [1.807, 2.05) is 76.2 Å². The van der Waals surface area contributed by atoms with Gasteiger partial charge in [0.15, 0.2) is 5.05 Å². The predicted octanol–water partition coefficient (Wildman–Crippen LogP) is 7.09. The molecular formula is C34H34FN3O3S. The molecule has 3 N–H and O–H groups in total. The second kappa shape index (κ2) is 11.2. The van der Waals surface area contributed by atoms with E-state index in [4.69, 9.17) is 27.4 Å². The number of nitrogens with zero attached hydrogens (tertiary/aromatic N) is 1. The van der Waals surface area contributed by atoms with E-state index in [-0.39, 0.29) is 11.7 Å². The number of nitrogens with two attached hydrogens (primary N) is 1. The number of anilines is 2. The number of carbonyl (C=O) groups excluding carboxylic acids is 1. The third-order valence-electron chi connectivity index (χ3n) is 7.76. The summed E-state index contributed by atoms with van der Waals surface area (Å²) in [7, 11) is 3.32. The average molecular weight is 584 g/mol. The standard InChI is InChI=1S/C34H34FN3O3S/c1-19-9-7-8-10-23(19)32(42)41-22-13-14-24(28(18-22)40-6)25-15-16-27-31(38(5)33(39)34(3,4)37-27)29(25)30(36)26-17-21(35)12-11-20(26)2/h7-18,30,37H,36H2,1-6H3. The monoisotopic (exact) mass is 583 g/mol.